The van der Waals surface area contributed by atoms with E-state index < -0.39 is 10.0 Å². The summed E-state index contributed by atoms with van der Waals surface area (Å²) in [6.07, 6.45) is 0. The van der Waals surface area contributed by atoms with Gasteiger partial charge in [0.25, 0.3) is 15.9 Å². The zero-order valence-corrected chi connectivity index (χ0v) is 17.1. The molecule has 0 aliphatic rings. The number of carbonyl (C=O) groups is 1. The molecule has 0 heterocycles. The van der Waals surface area contributed by atoms with Gasteiger partial charge in [0, 0.05) is 18.8 Å². The average Bonchev–Trinajstić information content (AvgIpc) is 2.56. The molecule has 0 atom stereocenters. The third-order valence-electron chi connectivity index (χ3n) is 4.33. The van der Waals surface area contributed by atoms with Crippen molar-refractivity contribution in [3.63, 3.8) is 0 Å². The molecule has 26 heavy (non-hydrogen) atoms. The summed E-state index contributed by atoms with van der Waals surface area (Å²) in [4.78, 5) is 14.0. The van der Waals surface area contributed by atoms with Crippen LogP contribution in [0, 0.1) is 13.8 Å². The van der Waals surface area contributed by atoms with Crippen molar-refractivity contribution in [3.8, 4) is 0 Å². The highest BCUT2D eigenvalue weighted by Gasteiger charge is 2.22. The van der Waals surface area contributed by atoms with Crippen molar-refractivity contribution < 1.29 is 13.2 Å². The van der Waals surface area contributed by atoms with Gasteiger partial charge in [-0.1, -0.05) is 17.7 Å². The van der Waals surface area contributed by atoms with Crippen molar-refractivity contribution in [2.24, 2.45) is 0 Å². The number of sulfonamides is 1. The van der Waals surface area contributed by atoms with E-state index in [1.54, 1.807) is 19.2 Å². The van der Waals surface area contributed by atoms with E-state index in [0.29, 0.717) is 5.69 Å². The van der Waals surface area contributed by atoms with Crippen LogP contribution in [0.15, 0.2) is 41.3 Å². The number of carbonyl (C=O) groups excluding carboxylic acids is 1. The molecular weight excluding hydrogens is 372 g/mol. The Kier molecular flexibility index (Phi) is 5.98. The lowest BCUT2D eigenvalue weighted by Crippen LogP contribution is -2.33. The van der Waals surface area contributed by atoms with Crippen LogP contribution in [0.4, 0.5) is 5.69 Å². The molecule has 2 aromatic carbocycles. The lowest BCUT2D eigenvalue weighted by molar-refractivity contribution is 0.0755. The Hall–Kier alpha value is -2.05. The Labute approximate surface area is 160 Å². The van der Waals surface area contributed by atoms with Gasteiger partial charge in [-0.15, -0.1) is 0 Å². The minimum Gasteiger partial charge on any atom is -0.339 e. The molecule has 140 valence electrons. The molecule has 7 heteroatoms. The van der Waals surface area contributed by atoms with Crippen LogP contribution >= 0.6 is 11.6 Å². The van der Waals surface area contributed by atoms with E-state index in [9.17, 15) is 13.2 Å². The van der Waals surface area contributed by atoms with Crippen molar-refractivity contribution in [1.29, 1.82) is 0 Å². The van der Waals surface area contributed by atoms with Gasteiger partial charge in [-0.25, -0.2) is 8.42 Å². The third kappa shape index (κ3) is 4.37. The summed E-state index contributed by atoms with van der Waals surface area (Å²) in [6.45, 7) is 7.60. The van der Waals surface area contributed by atoms with E-state index in [2.05, 4.69) is 4.72 Å². The Bertz CT molecular complexity index is 940. The van der Waals surface area contributed by atoms with Gasteiger partial charge in [0.1, 0.15) is 0 Å². The number of amides is 1. The number of hydrogen-bond acceptors (Lipinski definition) is 3. The van der Waals surface area contributed by atoms with Gasteiger partial charge in [0.2, 0.25) is 0 Å². The van der Waals surface area contributed by atoms with Crippen LogP contribution < -0.4 is 4.72 Å². The van der Waals surface area contributed by atoms with Gasteiger partial charge in [-0.3, -0.25) is 9.52 Å². The molecule has 5 nitrogen and oxygen atoms in total. The molecule has 0 spiro atoms. The van der Waals surface area contributed by atoms with E-state index in [0.717, 1.165) is 11.1 Å². The first kappa shape index (κ1) is 20.3. The van der Waals surface area contributed by atoms with Crippen LogP contribution in [0.5, 0.6) is 0 Å². The smallest absolute Gasteiger partial charge is 0.261 e. The number of nitrogens with zero attached hydrogens (tertiary/aromatic N) is 1. The van der Waals surface area contributed by atoms with Crippen LogP contribution in [0.25, 0.3) is 0 Å². The molecule has 0 saturated heterocycles. The molecule has 1 amide bonds. The van der Waals surface area contributed by atoms with E-state index in [4.69, 9.17) is 11.6 Å². The van der Waals surface area contributed by atoms with Crippen LogP contribution in [0.2, 0.25) is 5.02 Å². The highest BCUT2D eigenvalue weighted by atomic mass is 35.5. The predicted molar refractivity (Wildman–Crippen MR) is 105 cm³/mol. The summed E-state index contributed by atoms with van der Waals surface area (Å²) in [6, 6.07) is 9.41. The molecule has 1 N–H and O–H groups in total. The summed E-state index contributed by atoms with van der Waals surface area (Å²) in [5, 5.41) is 0.215. The van der Waals surface area contributed by atoms with Crippen LogP contribution in [-0.4, -0.2) is 32.3 Å². The summed E-state index contributed by atoms with van der Waals surface area (Å²) >= 11 is 6.13. The first-order valence-corrected chi connectivity index (χ1v) is 10.1. The SMILES string of the molecule is Cc1ccc(NS(=O)(=O)c2ccc(Cl)c(C(=O)N(C)C(C)C)c2)cc1C. The van der Waals surface area contributed by atoms with Crippen molar-refractivity contribution >= 4 is 33.2 Å². The van der Waals surface area contributed by atoms with Crippen molar-refractivity contribution in [3.05, 3.63) is 58.1 Å². The molecular formula is C19H23ClN2O3S. The summed E-state index contributed by atoms with van der Waals surface area (Å²) in [7, 11) is -2.19. The molecule has 0 aliphatic heterocycles. The first-order valence-electron chi connectivity index (χ1n) is 8.19. The molecule has 0 radical (unpaired) electrons. The van der Waals surface area contributed by atoms with E-state index in [1.165, 1.54) is 23.1 Å². The normalized spacial score (nSPS) is 11.5. The standard InChI is InChI=1S/C19H23ClN2O3S/c1-12(2)22(5)19(23)17-11-16(8-9-18(17)20)26(24,25)21-15-7-6-13(3)14(4)10-15/h6-12,21H,1-5H3. The minimum absolute atomic E-state index is 0.0133. The van der Waals surface area contributed by atoms with Gasteiger partial charge in [-0.2, -0.15) is 0 Å². The predicted octanol–water partition coefficient (Wildman–Crippen LogP) is 4.24. The van der Waals surface area contributed by atoms with Crippen molar-refractivity contribution in [1.82, 2.24) is 4.90 Å². The second kappa shape index (κ2) is 7.68. The van der Waals surface area contributed by atoms with Gasteiger partial charge in [-0.05, 0) is 69.2 Å². The highest BCUT2D eigenvalue weighted by molar-refractivity contribution is 7.92. The maximum absolute atomic E-state index is 12.7. The topological polar surface area (TPSA) is 66.5 Å². The highest BCUT2D eigenvalue weighted by Crippen LogP contribution is 2.24. The summed E-state index contributed by atoms with van der Waals surface area (Å²) in [5.41, 5.74) is 2.68. The van der Waals surface area contributed by atoms with Gasteiger partial charge < -0.3 is 4.90 Å². The molecule has 0 saturated carbocycles. The van der Waals surface area contributed by atoms with Crippen LogP contribution in [0.3, 0.4) is 0 Å². The van der Waals surface area contributed by atoms with Gasteiger partial charge >= 0.3 is 0 Å². The lowest BCUT2D eigenvalue weighted by Gasteiger charge is -2.22. The van der Waals surface area contributed by atoms with E-state index >= 15 is 0 Å². The van der Waals surface area contributed by atoms with Gasteiger partial charge in [0.15, 0.2) is 0 Å². The first-order chi connectivity index (χ1) is 12.0. The number of halogens is 1. The fourth-order valence-corrected chi connectivity index (χ4v) is 3.55. The lowest BCUT2D eigenvalue weighted by atomic mass is 10.1. The van der Waals surface area contributed by atoms with Crippen molar-refractivity contribution in [2.75, 3.05) is 11.8 Å². The number of benzene rings is 2. The molecule has 0 unspecified atom stereocenters. The number of hydrogen-bond donors (Lipinski definition) is 1. The minimum atomic E-state index is -3.84. The molecule has 0 fully saturated rings. The summed E-state index contributed by atoms with van der Waals surface area (Å²) < 4.78 is 28.0. The van der Waals surface area contributed by atoms with Crippen LogP contribution in [0.1, 0.15) is 35.3 Å². The Morgan fingerprint density at radius 1 is 1.08 bits per heavy atom. The number of rotatable bonds is 5. The van der Waals surface area contributed by atoms with E-state index in [1.807, 2.05) is 33.8 Å². The van der Waals surface area contributed by atoms with Crippen LogP contribution in [-0.2, 0) is 10.0 Å². The Morgan fingerprint density at radius 3 is 2.31 bits per heavy atom. The fourth-order valence-electron chi connectivity index (χ4n) is 2.28. The zero-order chi connectivity index (χ0) is 19.6. The quantitative estimate of drug-likeness (QED) is 0.824. The van der Waals surface area contributed by atoms with Crippen molar-refractivity contribution in [2.45, 2.75) is 38.6 Å². The largest absolute Gasteiger partial charge is 0.339 e. The third-order valence-corrected chi connectivity index (χ3v) is 6.04. The molecule has 2 rings (SSSR count). The number of aryl methyl sites for hydroxylation is 2. The maximum Gasteiger partial charge on any atom is 0.261 e. The van der Waals surface area contributed by atoms with E-state index in [-0.39, 0.29) is 27.4 Å². The Morgan fingerprint density at radius 2 is 1.73 bits per heavy atom. The Balaban J connectivity index is 2.39. The second-order valence-corrected chi connectivity index (χ2v) is 8.65. The average molecular weight is 395 g/mol. The fraction of sp³-hybridized carbons (Fsp3) is 0.316. The number of nitrogens with one attached hydrogen (secondary N) is 1. The molecule has 0 bridgehead atoms. The zero-order valence-electron chi connectivity index (χ0n) is 15.5. The molecule has 0 aromatic heterocycles. The maximum atomic E-state index is 12.7. The monoisotopic (exact) mass is 394 g/mol. The second-order valence-electron chi connectivity index (χ2n) is 6.56. The number of anilines is 1. The molecule has 2 aromatic rings. The summed E-state index contributed by atoms with van der Waals surface area (Å²) in [5.74, 6) is -0.326. The van der Waals surface area contributed by atoms with Gasteiger partial charge in [0.05, 0.1) is 15.5 Å². The molecule has 0 aliphatic carbocycles.